The van der Waals surface area contributed by atoms with Gasteiger partial charge in [0.25, 0.3) is 0 Å². The Morgan fingerprint density at radius 2 is 1.90 bits per heavy atom. The number of likely N-dealkylation sites (tertiary alicyclic amines) is 1. The molecule has 3 unspecified atom stereocenters. The van der Waals surface area contributed by atoms with E-state index < -0.39 is 17.9 Å². The molecule has 0 radical (unpaired) electrons. The summed E-state index contributed by atoms with van der Waals surface area (Å²) in [6.45, 7) is 5.04. The summed E-state index contributed by atoms with van der Waals surface area (Å²) in [6, 6.07) is 10.1. The van der Waals surface area contributed by atoms with Gasteiger partial charge in [0.1, 0.15) is 0 Å². The second-order valence-electron chi connectivity index (χ2n) is 10.3. The van der Waals surface area contributed by atoms with E-state index in [1.54, 1.807) is 22.9 Å². The van der Waals surface area contributed by atoms with Crippen molar-refractivity contribution in [3.8, 4) is 11.5 Å². The number of pyridine rings is 1. The summed E-state index contributed by atoms with van der Waals surface area (Å²) in [5.41, 5.74) is 6.38. The molecular weight excluding hydrogens is 500 g/mol. The quantitative estimate of drug-likeness (QED) is 0.350. The van der Waals surface area contributed by atoms with Crippen molar-refractivity contribution in [2.24, 2.45) is 11.7 Å². The molecule has 1 amide bonds. The molecule has 2 aliphatic rings. The number of carbonyl (C=O) groups excluding carboxylic acids is 1. The van der Waals surface area contributed by atoms with Crippen molar-refractivity contribution in [2.75, 3.05) is 39.5 Å². The van der Waals surface area contributed by atoms with Gasteiger partial charge in [0.15, 0.2) is 11.5 Å². The number of carboxylic acids is 1. The minimum Gasteiger partial charge on any atom is -0.481 e. The van der Waals surface area contributed by atoms with Crippen LogP contribution in [0.15, 0.2) is 47.4 Å². The lowest BCUT2D eigenvalue weighted by atomic mass is 9.84. The maximum absolute atomic E-state index is 13.6. The molecule has 0 spiro atoms. The third-order valence-electron chi connectivity index (χ3n) is 7.78. The molecule has 10 nitrogen and oxygen atoms in total. The van der Waals surface area contributed by atoms with E-state index in [9.17, 15) is 19.5 Å². The fourth-order valence-corrected chi connectivity index (χ4v) is 5.68. The molecule has 4 rings (SSSR count). The molecule has 2 aliphatic heterocycles. The van der Waals surface area contributed by atoms with Crippen LogP contribution in [0.2, 0.25) is 0 Å². The van der Waals surface area contributed by atoms with Crippen molar-refractivity contribution in [1.82, 2.24) is 14.4 Å². The SMILES string of the molecule is CCCCN(CCCCN)C(=O)CN1CC(c2ccc3c(c2)OCO3)C(C(=O)O)C1CCn1ccccc1=O. The third kappa shape index (κ3) is 6.99. The first-order valence-corrected chi connectivity index (χ1v) is 13.9. The highest BCUT2D eigenvalue weighted by atomic mass is 16.7. The monoisotopic (exact) mass is 540 g/mol. The number of amides is 1. The Balaban J connectivity index is 1.59. The molecule has 3 N–H and O–H groups in total. The van der Waals surface area contributed by atoms with Gasteiger partial charge in [-0.05, 0) is 56.0 Å². The number of aryl methyl sites for hydroxylation is 1. The molecule has 0 bridgehead atoms. The summed E-state index contributed by atoms with van der Waals surface area (Å²) < 4.78 is 12.6. The number of nitrogens with zero attached hydrogens (tertiary/aromatic N) is 3. The van der Waals surface area contributed by atoms with E-state index in [-0.39, 0.29) is 30.7 Å². The third-order valence-corrected chi connectivity index (χ3v) is 7.78. The fourth-order valence-electron chi connectivity index (χ4n) is 5.68. The number of aromatic nitrogens is 1. The lowest BCUT2D eigenvalue weighted by Gasteiger charge is -2.30. The highest BCUT2D eigenvalue weighted by Crippen LogP contribution is 2.42. The first kappa shape index (κ1) is 28.6. The van der Waals surface area contributed by atoms with Crippen molar-refractivity contribution in [3.05, 3.63) is 58.5 Å². The average molecular weight is 541 g/mol. The number of nitrogens with two attached hydrogens (primary N) is 1. The predicted molar refractivity (Wildman–Crippen MR) is 147 cm³/mol. The van der Waals surface area contributed by atoms with Gasteiger partial charge in [0.05, 0.1) is 12.5 Å². The maximum atomic E-state index is 13.6. The van der Waals surface area contributed by atoms with E-state index in [0.717, 1.165) is 31.2 Å². The normalized spacial score (nSPS) is 20.3. The predicted octanol–water partition coefficient (Wildman–Crippen LogP) is 2.50. The van der Waals surface area contributed by atoms with E-state index in [4.69, 9.17) is 15.2 Å². The average Bonchev–Trinajstić information content (AvgIpc) is 3.54. The molecule has 3 atom stereocenters. The molecule has 212 valence electrons. The molecule has 10 heteroatoms. The van der Waals surface area contributed by atoms with E-state index in [0.29, 0.717) is 50.6 Å². The molecule has 39 heavy (non-hydrogen) atoms. The van der Waals surface area contributed by atoms with Crippen molar-refractivity contribution >= 4 is 11.9 Å². The van der Waals surface area contributed by atoms with Gasteiger partial charge >= 0.3 is 5.97 Å². The van der Waals surface area contributed by atoms with Crippen molar-refractivity contribution in [3.63, 3.8) is 0 Å². The minimum absolute atomic E-state index is 0.00201. The van der Waals surface area contributed by atoms with Crippen LogP contribution in [0, 0.1) is 5.92 Å². The smallest absolute Gasteiger partial charge is 0.308 e. The summed E-state index contributed by atoms with van der Waals surface area (Å²) in [5.74, 6) is -0.770. The Morgan fingerprint density at radius 3 is 2.64 bits per heavy atom. The van der Waals surface area contributed by atoms with Gasteiger partial charge in [-0.1, -0.05) is 25.5 Å². The molecule has 1 saturated heterocycles. The summed E-state index contributed by atoms with van der Waals surface area (Å²) in [5, 5.41) is 10.4. The Kier molecular flexibility index (Phi) is 10.00. The molecule has 1 aromatic carbocycles. The Bertz CT molecular complexity index is 1180. The van der Waals surface area contributed by atoms with Crippen LogP contribution in [0.4, 0.5) is 0 Å². The summed E-state index contributed by atoms with van der Waals surface area (Å²) in [7, 11) is 0. The van der Waals surface area contributed by atoms with Gasteiger partial charge in [-0.25, -0.2) is 0 Å². The van der Waals surface area contributed by atoms with Gasteiger partial charge in [0, 0.05) is 50.4 Å². The van der Waals surface area contributed by atoms with E-state index in [2.05, 4.69) is 6.92 Å². The first-order valence-electron chi connectivity index (χ1n) is 13.9. The van der Waals surface area contributed by atoms with E-state index >= 15 is 0 Å². The maximum Gasteiger partial charge on any atom is 0.308 e. The lowest BCUT2D eigenvalue weighted by Crippen LogP contribution is -2.45. The zero-order chi connectivity index (χ0) is 27.8. The molecule has 1 aromatic heterocycles. The highest BCUT2D eigenvalue weighted by Gasteiger charge is 2.47. The van der Waals surface area contributed by atoms with Gasteiger partial charge in [-0.2, -0.15) is 0 Å². The number of benzene rings is 1. The van der Waals surface area contributed by atoms with Gasteiger partial charge in [-0.15, -0.1) is 0 Å². The van der Waals surface area contributed by atoms with Crippen LogP contribution < -0.4 is 20.8 Å². The number of carbonyl (C=O) groups is 2. The molecule has 2 aromatic rings. The molecule has 0 aliphatic carbocycles. The van der Waals surface area contributed by atoms with Gasteiger partial charge in [-0.3, -0.25) is 19.3 Å². The number of rotatable bonds is 14. The highest BCUT2D eigenvalue weighted by molar-refractivity contribution is 5.79. The number of aliphatic carboxylic acids is 1. The standard InChI is InChI=1S/C29H40N4O6/c1-2-3-13-31(15-7-5-12-30)27(35)19-33-18-22(21-9-10-24-25(17-21)39-20-38-24)28(29(36)37)23(33)11-16-32-14-6-4-8-26(32)34/h4,6,8-10,14,17,22-23,28H,2-3,5,7,11-13,15-16,18-20,30H2,1H3,(H,36,37). The van der Waals surface area contributed by atoms with Crippen LogP contribution in [-0.4, -0.2) is 76.9 Å². The number of ether oxygens (including phenoxy) is 2. The van der Waals surface area contributed by atoms with Crippen LogP contribution in [-0.2, 0) is 16.1 Å². The van der Waals surface area contributed by atoms with Crippen LogP contribution in [0.3, 0.4) is 0 Å². The van der Waals surface area contributed by atoms with Crippen LogP contribution in [0.1, 0.15) is 50.5 Å². The zero-order valence-corrected chi connectivity index (χ0v) is 22.7. The van der Waals surface area contributed by atoms with Crippen LogP contribution in [0.25, 0.3) is 0 Å². The molecule has 0 saturated carbocycles. The Morgan fingerprint density at radius 1 is 1.10 bits per heavy atom. The van der Waals surface area contributed by atoms with Crippen LogP contribution in [0.5, 0.6) is 11.5 Å². The summed E-state index contributed by atoms with van der Waals surface area (Å²) >= 11 is 0. The van der Waals surface area contributed by atoms with Gasteiger partial charge < -0.3 is 29.8 Å². The minimum atomic E-state index is -0.913. The molecular formula is C29H40N4O6. The molecule has 1 fully saturated rings. The Hall–Kier alpha value is -3.37. The molecule has 3 heterocycles. The summed E-state index contributed by atoms with van der Waals surface area (Å²) in [6.07, 6.45) is 5.71. The number of unbranched alkanes of at least 4 members (excludes halogenated alkanes) is 2. The second kappa shape index (κ2) is 13.6. The van der Waals surface area contributed by atoms with Crippen molar-refractivity contribution in [1.29, 1.82) is 0 Å². The van der Waals surface area contributed by atoms with Crippen molar-refractivity contribution < 1.29 is 24.2 Å². The fraction of sp³-hybridized carbons (Fsp3) is 0.552. The summed E-state index contributed by atoms with van der Waals surface area (Å²) in [4.78, 5) is 42.5. The Labute approximate surface area is 229 Å². The van der Waals surface area contributed by atoms with Crippen molar-refractivity contribution in [2.45, 2.75) is 57.5 Å². The second-order valence-corrected chi connectivity index (χ2v) is 10.3. The number of carboxylic acid groups (broad SMARTS) is 1. The topological polar surface area (TPSA) is 127 Å². The van der Waals surface area contributed by atoms with Gasteiger partial charge in [0.2, 0.25) is 18.3 Å². The first-order chi connectivity index (χ1) is 18.9. The zero-order valence-electron chi connectivity index (χ0n) is 22.7. The lowest BCUT2D eigenvalue weighted by molar-refractivity contribution is -0.144. The number of fused-ring (bicyclic) bond motifs is 1. The van der Waals surface area contributed by atoms with Crippen LogP contribution >= 0.6 is 0 Å². The van der Waals surface area contributed by atoms with E-state index in [1.165, 1.54) is 6.07 Å². The number of hydrogen-bond donors (Lipinski definition) is 2. The largest absolute Gasteiger partial charge is 0.481 e. The van der Waals surface area contributed by atoms with E-state index in [1.807, 2.05) is 28.0 Å². The number of hydrogen-bond acceptors (Lipinski definition) is 7.